The Morgan fingerprint density at radius 3 is 2.57 bits per heavy atom. The van der Waals surface area contributed by atoms with Gasteiger partial charge in [0.2, 0.25) is 10.9 Å². The Morgan fingerprint density at radius 1 is 1.43 bits per heavy atom. The minimum Gasteiger partial charge on any atom is -0.463 e. The summed E-state index contributed by atoms with van der Waals surface area (Å²) in [5.74, 6) is -0.569. The van der Waals surface area contributed by atoms with Gasteiger partial charge in [-0.05, 0) is 13.0 Å². The molecule has 0 aliphatic heterocycles. The second-order valence-electron chi connectivity index (χ2n) is 2.57. The third-order valence-corrected chi connectivity index (χ3v) is 1.66. The van der Waals surface area contributed by atoms with Crippen molar-refractivity contribution in [2.45, 2.75) is 6.92 Å². The van der Waals surface area contributed by atoms with Crippen LogP contribution in [-0.4, -0.2) is 12.6 Å². The Labute approximate surface area is 79.5 Å². The fourth-order valence-corrected chi connectivity index (χ4v) is 0.934. The topological polar surface area (TPSA) is 86.5 Å². The number of hydrogen-bond donors (Lipinski definition) is 1. The number of carbonyl (C=O) groups excluding carboxylic acids is 1. The molecule has 0 radical (unpaired) electrons. The molecule has 1 aromatic carbocycles. The fourth-order valence-electron chi connectivity index (χ4n) is 0.934. The van der Waals surface area contributed by atoms with Crippen molar-refractivity contribution in [2.24, 2.45) is 0 Å². The van der Waals surface area contributed by atoms with Gasteiger partial charge in [0.1, 0.15) is 0 Å². The van der Waals surface area contributed by atoms with Crippen molar-refractivity contribution in [2.75, 3.05) is 12.3 Å². The van der Waals surface area contributed by atoms with E-state index in [9.17, 15) is 14.4 Å². The minimum absolute atomic E-state index is 0.0723. The van der Waals surface area contributed by atoms with Crippen molar-refractivity contribution in [3.63, 3.8) is 0 Å². The second kappa shape index (κ2) is 3.87. The number of esters is 1. The van der Waals surface area contributed by atoms with E-state index in [1.807, 2.05) is 0 Å². The molecule has 0 aliphatic rings. The highest BCUT2D eigenvalue weighted by Crippen LogP contribution is 2.04. The van der Waals surface area contributed by atoms with Crippen molar-refractivity contribution in [1.82, 2.24) is 0 Å². The van der Waals surface area contributed by atoms with Crippen LogP contribution in [0.5, 0.6) is 0 Å². The van der Waals surface area contributed by atoms with Gasteiger partial charge in [0.05, 0.1) is 17.9 Å². The van der Waals surface area contributed by atoms with E-state index in [1.54, 1.807) is 6.92 Å². The monoisotopic (exact) mass is 195 g/mol. The lowest BCUT2D eigenvalue weighted by atomic mass is 10.1. The number of ether oxygens (including phenoxy) is 1. The standard InChI is InChI=1S/C9H9NO4/c1-2-14-6(11)4-3-5-7(10)9(13)8(5)12/h3-4H,2,10H2,1H3/b4-3+. The zero-order valence-electron chi connectivity index (χ0n) is 7.57. The molecular formula is C9H9NO4. The van der Waals surface area contributed by atoms with E-state index in [1.165, 1.54) is 6.08 Å². The molecule has 5 nitrogen and oxygen atoms in total. The van der Waals surface area contributed by atoms with Crippen molar-refractivity contribution >= 4 is 17.7 Å². The van der Waals surface area contributed by atoms with Crippen molar-refractivity contribution in [3.8, 4) is 0 Å². The van der Waals surface area contributed by atoms with Crippen LogP contribution < -0.4 is 16.6 Å². The van der Waals surface area contributed by atoms with Gasteiger partial charge in [-0.15, -0.1) is 0 Å². The summed E-state index contributed by atoms with van der Waals surface area (Å²) >= 11 is 0. The summed E-state index contributed by atoms with van der Waals surface area (Å²) in [6, 6.07) is 0. The molecule has 0 aliphatic carbocycles. The molecule has 0 unspecified atom stereocenters. The van der Waals surface area contributed by atoms with Gasteiger partial charge >= 0.3 is 5.97 Å². The Morgan fingerprint density at radius 2 is 2.07 bits per heavy atom. The Kier molecular flexibility index (Phi) is 2.81. The lowest BCUT2D eigenvalue weighted by molar-refractivity contribution is -0.137. The molecule has 5 heteroatoms. The van der Waals surface area contributed by atoms with Gasteiger partial charge in [-0.2, -0.15) is 0 Å². The third-order valence-electron chi connectivity index (χ3n) is 1.66. The molecular weight excluding hydrogens is 186 g/mol. The molecule has 1 rings (SSSR count). The number of carbonyl (C=O) groups is 1. The average Bonchev–Trinajstić information content (AvgIpc) is 2.17. The summed E-state index contributed by atoms with van der Waals surface area (Å²) < 4.78 is 4.57. The van der Waals surface area contributed by atoms with E-state index in [0.717, 1.165) is 6.08 Å². The number of hydrogen-bond acceptors (Lipinski definition) is 5. The number of anilines is 1. The molecule has 0 heterocycles. The molecule has 0 saturated heterocycles. The predicted octanol–water partition coefficient (Wildman–Crippen LogP) is -0.559. The van der Waals surface area contributed by atoms with Crippen molar-refractivity contribution in [3.05, 3.63) is 32.1 Å². The quantitative estimate of drug-likeness (QED) is 0.397. The summed E-state index contributed by atoms with van der Waals surface area (Å²) in [4.78, 5) is 32.3. The predicted molar refractivity (Wildman–Crippen MR) is 51.4 cm³/mol. The Hall–Kier alpha value is -1.91. The number of rotatable bonds is 3. The first kappa shape index (κ1) is 10.2. The van der Waals surface area contributed by atoms with Gasteiger partial charge in [0.15, 0.2) is 0 Å². The van der Waals surface area contributed by atoms with Gasteiger partial charge < -0.3 is 10.5 Å². The SMILES string of the molecule is CCOC(=O)/C=C/c1c(N)c(=O)c1=O. The molecule has 2 N–H and O–H groups in total. The highest BCUT2D eigenvalue weighted by atomic mass is 16.5. The van der Waals surface area contributed by atoms with E-state index < -0.39 is 16.8 Å². The average molecular weight is 195 g/mol. The van der Waals surface area contributed by atoms with Crippen LogP contribution in [0.3, 0.4) is 0 Å². The lowest BCUT2D eigenvalue weighted by Gasteiger charge is -2.00. The molecule has 0 bridgehead atoms. The van der Waals surface area contributed by atoms with E-state index in [4.69, 9.17) is 5.73 Å². The first-order valence-electron chi connectivity index (χ1n) is 4.01. The molecule has 0 aromatic heterocycles. The molecule has 0 spiro atoms. The molecule has 1 aromatic rings. The molecule has 0 amide bonds. The van der Waals surface area contributed by atoms with Gasteiger partial charge in [-0.3, -0.25) is 9.59 Å². The lowest BCUT2D eigenvalue weighted by Crippen LogP contribution is -2.36. The summed E-state index contributed by atoms with van der Waals surface area (Å²) in [5.41, 5.74) is 3.83. The van der Waals surface area contributed by atoms with Crippen LogP contribution in [0.2, 0.25) is 0 Å². The van der Waals surface area contributed by atoms with Gasteiger partial charge in [0.25, 0.3) is 0 Å². The Balaban J connectivity index is 2.76. The normalized spacial score (nSPS) is 10.9. The van der Waals surface area contributed by atoms with Crippen LogP contribution in [0.1, 0.15) is 12.5 Å². The highest BCUT2D eigenvalue weighted by Gasteiger charge is 2.14. The molecule has 0 fully saturated rings. The highest BCUT2D eigenvalue weighted by molar-refractivity contribution is 5.88. The van der Waals surface area contributed by atoms with Gasteiger partial charge in [-0.1, -0.05) is 0 Å². The van der Waals surface area contributed by atoms with Crippen LogP contribution in [0.15, 0.2) is 15.7 Å². The number of nitrogens with two attached hydrogens (primary N) is 1. The smallest absolute Gasteiger partial charge is 0.330 e. The maximum absolute atomic E-state index is 10.9. The molecule has 74 valence electrons. The van der Waals surface area contributed by atoms with Crippen LogP contribution in [-0.2, 0) is 9.53 Å². The maximum atomic E-state index is 10.9. The van der Waals surface area contributed by atoms with Crippen LogP contribution in [0.25, 0.3) is 6.08 Å². The minimum atomic E-state index is -0.700. The summed E-state index contributed by atoms with van der Waals surface area (Å²) in [6.45, 7) is 1.92. The zero-order chi connectivity index (χ0) is 10.7. The third kappa shape index (κ3) is 1.71. The van der Waals surface area contributed by atoms with E-state index in [2.05, 4.69) is 4.74 Å². The zero-order valence-corrected chi connectivity index (χ0v) is 7.57. The summed E-state index contributed by atoms with van der Waals surface area (Å²) in [7, 11) is 0. The van der Waals surface area contributed by atoms with Gasteiger partial charge in [-0.25, -0.2) is 4.79 Å². The first-order valence-corrected chi connectivity index (χ1v) is 4.01. The van der Waals surface area contributed by atoms with E-state index in [-0.39, 0.29) is 17.9 Å². The largest absolute Gasteiger partial charge is 0.463 e. The summed E-state index contributed by atoms with van der Waals surface area (Å²) in [6.07, 6.45) is 2.26. The van der Waals surface area contributed by atoms with Crippen molar-refractivity contribution in [1.29, 1.82) is 0 Å². The number of nitrogen functional groups attached to an aromatic ring is 1. The van der Waals surface area contributed by atoms with Gasteiger partial charge in [0, 0.05) is 6.08 Å². The molecule has 0 atom stereocenters. The fraction of sp³-hybridized carbons (Fsp3) is 0.222. The molecule has 0 saturated carbocycles. The molecule has 14 heavy (non-hydrogen) atoms. The second-order valence-corrected chi connectivity index (χ2v) is 2.57. The van der Waals surface area contributed by atoms with Crippen LogP contribution in [0.4, 0.5) is 5.69 Å². The first-order chi connectivity index (χ1) is 6.57. The van der Waals surface area contributed by atoms with E-state index >= 15 is 0 Å². The van der Waals surface area contributed by atoms with Crippen LogP contribution in [0, 0.1) is 0 Å². The summed E-state index contributed by atoms with van der Waals surface area (Å²) in [5, 5.41) is 0. The van der Waals surface area contributed by atoms with Crippen LogP contribution >= 0.6 is 0 Å². The maximum Gasteiger partial charge on any atom is 0.330 e. The Bertz CT molecular complexity index is 451. The van der Waals surface area contributed by atoms with E-state index in [0.29, 0.717) is 0 Å². The van der Waals surface area contributed by atoms with Crippen molar-refractivity contribution < 1.29 is 9.53 Å².